The van der Waals surface area contributed by atoms with Gasteiger partial charge in [0, 0.05) is 23.8 Å². The normalized spacial score (nSPS) is 16.7. The van der Waals surface area contributed by atoms with E-state index in [2.05, 4.69) is 10.6 Å². The number of hydrogen-bond acceptors (Lipinski definition) is 4. The van der Waals surface area contributed by atoms with Crippen molar-refractivity contribution in [2.75, 3.05) is 23.8 Å². The lowest BCUT2D eigenvalue weighted by Gasteiger charge is -2.15. The number of rotatable bonds is 6. The van der Waals surface area contributed by atoms with Crippen molar-refractivity contribution in [1.29, 1.82) is 0 Å². The lowest BCUT2D eigenvalue weighted by atomic mass is 10.1. The van der Waals surface area contributed by atoms with Gasteiger partial charge in [0.05, 0.1) is 12.7 Å². The summed E-state index contributed by atoms with van der Waals surface area (Å²) in [5.74, 6) is 0.236. The lowest BCUT2D eigenvalue weighted by molar-refractivity contribution is -0.119. The molecule has 1 aliphatic rings. The Hall–Kier alpha value is -1.59. The first-order chi connectivity index (χ1) is 10.1. The minimum Gasteiger partial charge on any atom is -0.394 e. The number of aliphatic hydroxyl groups is 2. The molecule has 21 heavy (non-hydrogen) atoms. The van der Waals surface area contributed by atoms with Crippen LogP contribution in [0.2, 0.25) is 0 Å². The molecule has 5 heteroatoms. The molecule has 0 radical (unpaired) electrons. The van der Waals surface area contributed by atoms with Crippen LogP contribution in [0.4, 0.5) is 11.4 Å². The highest BCUT2D eigenvalue weighted by Gasteiger charge is 2.22. The summed E-state index contributed by atoms with van der Waals surface area (Å²) in [4.78, 5) is 12.2. The van der Waals surface area contributed by atoms with Gasteiger partial charge < -0.3 is 20.8 Å². The molecule has 1 amide bonds. The first kappa shape index (κ1) is 15.8. The van der Waals surface area contributed by atoms with E-state index in [4.69, 9.17) is 5.11 Å². The van der Waals surface area contributed by atoms with E-state index in [1.807, 2.05) is 25.1 Å². The van der Waals surface area contributed by atoms with Gasteiger partial charge in [-0.05, 0) is 37.5 Å². The number of carbonyl (C=O) groups is 1. The van der Waals surface area contributed by atoms with Crippen LogP contribution in [0.5, 0.6) is 0 Å². The molecule has 1 unspecified atom stereocenters. The van der Waals surface area contributed by atoms with Gasteiger partial charge in [0.2, 0.25) is 5.91 Å². The van der Waals surface area contributed by atoms with Gasteiger partial charge in [0.25, 0.3) is 0 Å². The summed E-state index contributed by atoms with van der Waals surface area (Å²) < 4.78 is 0. The van der Waals surface area contributed by atoms with E-state index in [0.29, 0.717) is 0 Å². The van der Waals surface area contributed by atoms with Crippen LogP contribution in [0.15, 0.2) is 18.2 Å². The van der Waals surface area contributed by atoms with E-state index >= 15 is 0 Å². The maximum absolute atomic E-state index is 12.2. The minimum absolute atomic E-state index is 0.100. The molecule has 2 rings (SSSR count). The number of amides is 1. The number of aliphatic hydroxyl groups excluding tert-OH is 2. The van der Waals surface area contributed by atoms with Crippen molar-refractivity contribution >= 4 is 17.3 Å². The Balaban J connectivity index is 1.99. The molecule has 1 aromatic carbocycles. The molecule has 1 atom stereocenters. The van der Waals surface area contributed by atoms with Gasteiger partial charge in [-0.3, -0.25) is 4.79 Å². The van der Waals surface area contributed by atoms with Crippen molar-refractivity contribution in [1.82, 2.24) is 0 Å². The van der Waals surface area contributed by atoms with Crippen LogP contribution in [-0.2, 0) is 4.79 Å². The molecule has 1 aliphatic carbocycles. The van der Waals surface area contributed by atoms with E-state index in [1.165, 1.54) is 0 Å². The van der Waals surface area contributed by atoms with Crippen molar-refractivity contribution < 1.29 is 15.0 Å². The summed E-state index contributed by atoms with van der Waals surface area (Å²) in [6.07, 6.45) is 3.44. The largest absolute Gasteiger partial charge is 0.394 e. The standard InChI is InChI=1S/C16H24N2O3/c1-11-6-7-13(17-9-14(20)10-19)8-15(11)18-16(21)12-4-2-3-5-12/h6-8,12,14,17,19-20H,2-5,9-10H2,1H3,(H,18,21). The number of anilines is 2. The van der Waals surface area contributed by atoms with Gasteiger partial charge in [-0.2, -0.15) is 0 Å². The topological polar surface area (TPSA) is 81.6 Å². The number of carbonyl (C=O) groups excluding carboxylic acids is 1. The predicted molar refractivity (Wildman–Crippen MR) is 83.3 cm³/mol. The Bertz CT molecular complexity index is 484. The third kappa shape index (κ3) is 4.44. The lowest BCUT2D eigenvalue weighted by Crippen LogP contribution is -2.23. The molecule has 1 fully saturated rings. The summed E-state index contributed by atoms with van der Waals surface area (Å²) in [5.41, 5.74) is 2.62. The quantitative estimate of drug-likeness (QED) is 0.645. The molecule has 1 aromatic rings. The van der Waals surface area contributed by atoms with Crippen molar-refractivity contribution in [3.63, 3.8) is 0 Å². The number of benzene rings is 1. The molecule has 0 aromatic heterocycles. The molecule has 0 heterocycles. The molecular formula is C16H24N2O3. The highest BCUT2D eigenvalue weighted by Crippen LogP contribution is 2.27. The van der Waals surface area contributed by atoms with E-state index in [1.54, 1.807) is 0 Å². The van der Waals surface area contributed by atoms with Crippen LogP contribution in [0.25, 0.3) is 0 Å². The Labute approximate surface area is 125 Å². The van der Waals surface area contributed by atoms with Crippen molar-refractivity contribution in [2.45, 2.75) is 38.7 Å². The van der Waals surface area contributed by atoms with Gasteiger partial charge in [0.15, 0.2) is 0 Å². The molecule has 0 saturated heterocycles. The predicted octanol–water partition coefficient (Wildman–Crippen LogP) is 1.89. The van der Waals surface area contributed by atoms with Gasteiger partial charge in [-0.1, -0.05) is 18.9 Å². The maximum atomic E-state index is 12.2. The fourth-order valence-corrected chi connectivity index (χ4v) is 2.59. The summed E-state index contributed by atoms with van der Waals surface area (Å²) in [7, 11) is 0. The second kappa shape index (κ2) is 7.43. The number of hydrogen-bond donors (Lipinski definition) is 4. The summed E-state index contributed by atoms with van der Waals surface area (Å²) in [6.45, 7) is 1.95. The van der Waals surface area contributed by atoms with E-state index in [0.717, 1.165) is 42.6 Å². The molecule has 1 saturated carbocycles. The van der Waals surface area contributed by atoms with Gasteiger partial charge >= 0.3 is 0 Å². The van der Waals surface area contributed by atoms with Crippen LogP contribution >= 0.6 is 0 Å². The number of nitrogens with one attached hydrogen (secondary N) is 2. The van der Waals surface area contributed by atoms with E-state index in [-0.39, 0.29) is 25.0 Å². The van der Waals surface area contributed by atoms with Crippen LogP contribution < -0.4 is 10.6 Å². The fourth-order valence-electron chi connectivity index (χ4n) is 2.59. The zero-order valence-corrected chi connectivity index (χ0v) is 12.4. The third-order valence-electron chi connectivity index (χ3n) is 3.97. The average molecular weight is 292 g/mol. The maximum Gasteiger partial charge on any atom is 0.227 e. The third-order valence-corrected chi connectivity index (χ3v) is 3.97. The van der Waals surface area contributed by atoms with Crippen molar-refractivity contribution in [3.05, 3.63) is 23.8 Å². The molecular weight excluding hydrogens is 268 g/mol. The zero-order valence-electron chi connectivity index (χ0n) is 12.4. The second-order valence-electron chi connectivity index (χ2n) is 5.72. The molecule has 116 valence electrons. The summed E-state index contributed by atoms with van der Waals surface area (Å²) in [6, 6.07) is 5.69. The van der Waals surface area contributed by atoms with Gasteiger partial charge in [0.1, 0.15) is 0 Å². The molecule has 0 bridgehead atoms. The van der Waals surface area contributed by atoms with Gasteiger partial charge in [-0.25, -0.2) is 0 Å². The monoisotopic (exact) mass is 292 g/mol. The van der Waals surface area contributed by atoms with Crippen LogP contribution in [0, 0.1) is 12.8 Å². The molecule has 5 nitrogen and oxygen atoms in total. The Morgan fingerprint density at radius 3 is 2.76 bits per heavy atom. The molecule has 0 aliphatic heterocycles. The minimum atomic E-state index is -0.789. The number of aryl methyl sites for hydroxylation is 1. The summed E-state index contributed by atoms with van der Waals surface area (Å²) in [5, 5.41) is 24.2. The Morgan fingerprint density at radius 1 is 1.38 bits per heavy atom. The highest BCUT2D eigenvalue weighted by atomic mass is 16.3. The smallest absolute Gasteiger partial charge is 0.227 e. The summed E-state index contributed by atoms with van der Waals surface area (Å²) >= 11 is 0. The van der Waals surface area contributed by atoms with E-state index in [9.17, 15) is 9.90 Å². The van der Waals surface area contributed by atoms with Crippen LogP contribution in [-0.4, -0.2) is 35.4 Å². The van der Waals surface area contributed by atoms with Crippen molar-refractivity contribution in [2.24, 2.45) is 5.92 Å². The average Bonchev–Trinajstić information content (AvgIpc) is 3.02. The Morgan fingerprint density at radius 2 is 2.10 bits per heavy atom. The first-order valence-corrected chi connectivity index (χ1v) is 7.54. The first-order valence-electron chi connectivity index (χ1n) is 7.54. The van der Waals surface area contributed by atoms with Gasteiger partial charge in [-0.15, -0.1) is 0 Å². The second-order valence-corrected chi connectivity index (χ2v) is 5.72. The van der Waals surface area contributed by atoms with Crippen molar-refractivity contribution in [3.8, 4) is 0 Å². The molecule has 0 spiro atoms. The van der Waals surface area contributed by atoms with E-state index < -0.39 is 6.10 Å². The SMILES string of the molecule is Cc1ccc(NCC(O)CO)cc1NC(=O)C1CCCC1. The van der Waals surface area contributed by atoms with Crippen LogP contribution in [0.3, 0.4) is 0 Å². The van der Waals surface area contributed by atoms with Crippen LogP contribution in [0.1, 0.15) is 31.2 Å². The fraction of sp³-hybridized carbons (Fsp3) is 0.562. The zero-order chi connectivity index (χ0) is 15.2. The molecule has 4 N–H and O–H groups in total. The Kier molecular flexibility index (Phi) is 5.59. The highest BCUT2D eigenvalue weighted by molar-refractivity contribution is 5.93.